The van der Waals surface area contributed by atoms with E-state index in [4.69, 9.17) is 0 Å². The van der Waals surface area contributed by atoms with Crippen LogP contribution in [0, 0.1) is 17.3 Å². The Morgan fingerprint density at radius 2 is 1.74 bits per heavy atom. The van der Waals surface area contributed by atoms with Crippen molar-refractivity contribution < 1.29 is 0 Å². The van der Waals surface area contributed by atoms with Crippen LogP contribution in [0.4, 0.5) is 0 Å². The number of nitrogens with one attached hydrogen (secondary N) is 2. The molecule has 0 spiro atoms. The number of hydrogen-bond donors (Lipinski definition) is 2. The highest BCUT2D eigenvalue weighted by molar-refractivity contribution is 5.14. The van der Waals surface area contributed by atoms with Crippen LogP contribution in [-0.4, -0.2) is 49.2 Å². The summed E-state index contributed by atoms with van der Waals surface area (Å²) in [5, 5.41) is 8.04. The van der Waals surface area contributed by atoms with E-state index in [0.29, 0.717) is 5.41 Å². The van der Waals surface area contributed by atoms with Gasteiger partial charge in [0, 0.05) is 30.1 Å². The van der Waals surface area contributed by atoms with Gasteiger partial charge >= 0.3 is 0 Å². The monoisotopic (exact) mass is 317 g/mol. The molecule has 130 valence electrons. The third kappa shape index (κ3) is 2.41. The molecule has 2 bridgehead atoms. The fraction of sp³-hybridized carbons (Fsp3) is 1.00. The van der Waals surface area contributed by atoms with Crippen LogP contribution in [0.1, 0.15) is 64.2 Å². The lowest BCUT2D eigenvalue weighted by Crippen LogP contribution is -2.72. The molecule has 0 aromatic rings. The predicted molar refractivity (Wildman–Crippen MR) is 94.5 cm³/mol. The summed E-state index contributed by atoms with van der Waals surface area (Å²) in [6.07, 6.45) is 14.6. The zero-order chi connectivity index (χ0) is 15.3. The van der Waals surface area contributed by atoms with Crippen molar-refractivity contribution in [3.63, 3.8) is 0 Å². The molecule has 6 atom stereocenters. The van der Waals surface area contributed by atoms with Crippen LogP contribution in [0.3, 0.4) is 0 Å². The van der Waals surface area contributed by atoms with Gasteiger partial charge in [-0.1, -0.05) is 12.8 Å². The first-order chi connectivity index (χ1) is 11.4. The molecule has 3 nitrogen and oxygen atoms in total. The molecule has 4 heterocycles. The van der Waals surface area contributed by atoms with Gasteiger partial charge < -0.3 is 10.6 Å². The fourth-order valence-corrected chi connectivity index (χ4v) is 7.36. The van der Waals surface area contributed by atoms with Crippen molar-refractivity contribution in [1.82, 2.24) is 15.5 Å². The van der Waals surface area contributed by atoms with Gasteiger partial charge in [0.25, 0.3) is 0 Å². The molecule has 0 radical (unpaired) electrons. The number of rotatable bonds is 1. The standard InChI is InChI=1S/C20H35N3/c1-3-9-21-18(8-1)20-13-16(12-15-6-5-10-22-19(15)20)17-7-2-4-11-23(17)14-20/h15-19,21-22H,1-14H2/t15?,16?,17-,18?,19+,20-/m0/s1. The third-order valence-corrected chi connectivity index (χ3v) is 8.16. The number of fused-ring (bicyclic) bond motifs is 6. The first-order valence-electron chi connectivity index (χ1n) is 10.6. The first-order valence-corrected chi connectivity index (χ1v) is 10.6. The summed E-state index contributed by atoms with van der Waals surface area (Å²) in [7, 11) is 0. The molecule has 0 aromatic heterocycles. The van der Waals surface area contributed by atoms with Crippen molar-refractivity contribution in [1.29, 1.82) is 0 Å². The van der Waals surface area contributed by atoms with Gasteiger partial charge in [0.05, 0.1) is 0 Å². The second-order valence-electron chi connectivity index (χ2n) is 9.30. The first kappa shape index (κ1) is 15.2. The van der Waals surface area contributed by atoms with Crippen LogP contribution in [0.15, 0.2) is 0 Å². The molecule has 2 N–H and O–H groups in total. The van der Waals surface area contributed by atoms with Gasteiger partial charge in [0.2, 0.25) is 0 Å². The normalized spacial score (nSPS) is 50.9. The molecule has 3 unspecified atom stereocenters. The summed E-state index contributed by atoms with van der Waals surface area (Å²) in [5.74, 6) is 1.96. The van der Waals surface area contributed by atoms with E-state index in [-0.39, 0.29) is 0 Å². The zero-order valence-corrected chi connectivity index (χ0v) is 14.7. The van der Waals surface area contributed by atoms with Crippen LogP contribution >= 0.6 is 0 Å². The molecule has 4 aliphatic heterocycles. The van der Waals surface area contributed by atoms with Crippen molar-refractivity contribution in [2.45, 2.75) is 82.3 Å². The molecule has 5 aliphatic rings. The third-order valence-electron chi connectivity index (χ3n) is 8.16. The molecule has 3 heteroatoms. The van der Waals surface area contributed by atoms with E-state index in [2.05, 4.69) is 15.5 Å². The molecular formula is C20H35N3. The van der Waals surface area contributed by atoms with E-state index >= 15 is 0 Å². The smallest absolute Gasteiger partial charge is 0.0179 e. The molecule has 1 aliphatic carbocycles. The molecule has 5 fully saturated rings. The van der Waals surface area contributed by atoms with Crippen LogP contribution in [0.25, 0.3) is 0 Å². The Labute approximate surface area is 142 Å². The minimum absolute atomic E-state index is 0.530. The Kier molecular flexibility index (Phi) is 3.95. The maximum atomic E-state index is 4.04. The number of piperidine rings is 4. The van der Waals surface area contributed by atoms with E-state index in [9.17, 15) is 0 Å². The Morgan fingerprint density at radius 1 is 0.826 bits per heavy atom. The van der Waals surface area contributed by atoms with Gasteiger partial charge in [-0.3, -0.25) is 4.90 Å². The molecule has 23 heavy (non-hydrogen) atoms. The second kappa shape index (κ2) is 6.00. The SMILES string of the molecule is C1CCC([C@@]23CC(CC4CCCN[C@H]42)[C@@H]2CCCCN2C3)NC1. The Balaban J connectivity index is 1.50. The Morgan fingerprint density at radius 3 is 2.65 bits per heavy atom. The molecule has 5 rings (SSSR count). The van der Waals surface area contributed by atoms with Crippen molar-refractivity contribution in [2.75, 3.05) is 26.2 Å². The summed E-state index contributed by atoms with van der Waals surface area (Å²) < 4.78 is 0. The number of hydrogen-bond acceptors (Lipinski definition) is 3. The maximum absolute atomic E-state index is 4.04. The Bertz CT molecular complexity index is 431. The predicted octanol–water partition coefficient (Wildman–Crippen LogP) is 2.76. The molecule has 1 saturated carbocycles. The van der Waals surface area contributed by atoms with Crippen molar-refractivity contribution in [2.24, 2.45) is 17.3 Å². The lowest BCUT2D eigenvalue weighted by molar-refractivity contribution is -0.117. The quantitative estimate of drug-likeness (QED) is 0.779. The van der Waals surface area contributed by atoms with Gasteiger partial charge in [-0.2, -0.15) is 0 Å². The topological polar surface area (TPSA) is 27.3 Å². The van der Waals surface area contributed by atoms with Crippen molar-refractivity contribution in [3.05, 3.63) is 0 Å². The van der Waals surface area contributed by atoms with Gasteiger partial charge in [-0.15, -0.1) is 0 Å². The lowest BCUT2D eigenvalue weighted by atomic mass is 9.52. The highest BCUT2D eigenvalue weighted by Gasteiger charge is 2.58. The second-order valence-corrected chi connectivity index (χ2v) is 9.30. The molecule has 4 saturated heterocycles. The highest BCUT2D eigenvalue weighted by Crippen LogP contribution is 2.55. The highest BCUT2D eigenvalue weighted by atomic mass is 15.2. The summed E-state index contributed by atoms with van der Waals surface area (Å²) in [6.45, 7) is 5.30. The summed E-state index contributed by atoms with van der Waals surface area (Å²) in [6, 6.07) is 2.51. The molecule has 0 aromatic carbocycles. The lowest BCUT2D eigenvalue weighted by Gasteiger charge is -2.64. The van der Waals surface area contributed by atoms with Crippen molar-refractivity contribution >= 4 is 0 Å². The van der Waals surface area contributed by atoms with Gasteiger partial charge in [0.1, 0.15) is 0 Å². The fourth-order valence-electron chi connectivity index (χ4n) is 7.36. The van der Waals surface area contributed by atoms with E-state index in [1.165, 1.54) is 90.4 Å². The van der Waals surface area contributed by atoms with Crippen molar-refractivity contribution in [3.8, 4) is 0 Å². The van der Waals surface area contributed by atoms with E-state index < -0.39 is 0 Å². The van der Waals surface area contributed by atoms with E-state index in [0.717, 1.165) is 30.0 Å². The zero-order valence-electron chi connectivity index (χ0n) is 14.7. The van der Waals surface area contributed by atoms with E-state index in [1.54, 1.807) is 0 Å². The largest absolute Gasteiger partial charge is 0.313 e. The van der Waals surface area contributed by atoms with Gasteiger partial charge in [0.15, 0.2) is 0 Å². The summed E-state index contributed by atoms with van der Waals surface area (Å²) >= 11 is 0. The Hall–Kier alpha value is -0.120. The maximum Gasteiger partial charge on any atom is 0.0179 e. The minimum atomic E-state index is 0.530. The van der Waals surface area contributed by atoms with E-state index in [1.807, 2.05) is 0 Å². The average Bonchev–Trinajstić information content (AvgIpc) is 2.63. The number of nitrogens with zero attached hydrogens (tertiary/aromatic N) is 1. The van der Waals surface area contributed by atoms with Crippen LogP contribution < -0.4 is 10.6 Å². The van der Waals surface area contributed by atoms with Crippen LogP contribution in [-0.2, 0) is 0 Å². The molecular weight excluding hydrogens is 282 g/mol. The van der Waals surface area contributed by atoms with Gasteiger partial charge in [-0.25, -0.2) is 0 Å². The summed E-state index contributed by atoms with van der Waals surface area (Å²) in [5.41, 5.74) is 0.530. The van der Waals surface area contributed by atoms with Gasteiger partial charge in [-0.05, 0) is 82.8 Å². The summed E-state index contributed by atoms with van der Waals surface area (Å²) in [4.78, 5) is 2.94. The van der Waals surface area contributed by atoms with Crippen LogP contribution in [0.5, 0.6) is 0 Å². The average molecular weight is 318 g/mol. The minimum Gasteiger partial charge on any atom is -0.313 e. The molecule has 0 amide bonds. The van der Waals surface area contributed by atoms with Crippen LogP contribution in [0.2, 0.25) is 0 Å².